The first kappa shape index (κ1) is 23.8. The van der Waals surface area contributed by atoms with Crippen molar-refractivity contribution >= 4 is 5.97 Å². The Kier molecular flexibility index (Phi) is 10.3. The summed E-state index contributed by atoms with van der Waals surface area (Å²) < 4.78 is 11.7. The zero-order valence-electron chi connectivity index (χ0n) is 18.7. The number of hydrogen-bond acceptors (Lipinski definition) is 3. The van der Waals surface area contributed by atoms with E-state index in [-0.39, 0.29) is 5.56 Å². The number of ether oxygens (including phenoxy) is 2. The van der Waals surface area contributed by atoms with Crippen LogP contribution in [0, 0.1) is 5.92 Å². The number of carboxylic acid groups (broad SMARTS) is 1. The number of carboxylic acids is 1. The monoisotopic (exact) mass is 412 g/mol. The molecule has 1 atom stereocenters. The van der Waals surface area contributed by atoms with Crippen molar-refractivity contribution in [2.75, 3.05) is 13.2 Å². The van der Waals surface area contributed by atoms with Gasteiger partial charge in [0.1, 0.15) is 11.5 Å². The molecule has 4 nitrogen and oxygen atoms in total. The van der Waals surface area contributed by atoms with Gasteiger partial charge in [-0.25, -0.2) is 4.79 Å². The second-order valence-electron chi connectivity index (χ2n) is 7.98. The van der Waals surface area contributed by atoms with Crippen LogP contribution in [0.25, 0.3) is 11.1 Å². The highest BCUT2D eigenvalue weighted by Gasteiger charge is 2.13. The summed E-state index contributed by atoms with van der Waals surface area (Å²) >= 11 is 0. The summed E-state index contributed by atoms with van der Waals surface area (Å²) in [5, 5.41) is 9.60. The van der Waals surface area contributed by atoms with Crippen LogP contribution in [0.5, 0.6) is 11.5 Å². The standard InChI is InChI=1S/C26H36O4/c1-4-6-7-8-9-10-17-29-23-15-16-24(26(27)28)25(18-23)21-11-13-22(14-12-21)30-19-20(3)5-2/h11-16,18,20H,4-10,17,19H2,1-3H3,(H,27,28)/t20-/m0/s1. The maximum absolute atomic E-state index is 11.7. The molecule has 0 spiro atoms. The van der Waals surface area contributed by atoms with Crippen LogP contribution < -0.4 is 9.47 Å². The van der Waals surface area contributed by atoms with Gasteiger partial charge in [-0.15, -0.1) is 0 Å². The summed E-state index contributed by atoms with van der Waals surface area (Å²) in [5.74, 6) is 1.07. The Morgan fingerprint density at radius 3 is 2.23 bits per heavy atom. The maximum Gasteiger partial charge on any atom is 0.336 e. The minimum Gasteiger partial charge on any atom is -0.494 e. The third kappa shape index (κ3) is 7.74. The first-order valence-electron chi connectivity index (χ1n) is 11.3. The fourth-order valence-electron chi connectivity index (χ4n) is 3.20. The highest BCUT2D eigenvalue weighted by Crippen LogP contribution is 2.30. The fourth-order valence-corrected chi connectivity index (χ4v) is 3.20. The second-order valence-corrected chi connectivity index (χ2v) is 7.98. The van der Waals surface area contributed by atoms with E-state index in [2.05, 4.69) is 20.8 Å². The van der Waals surface area contributed by atoms with Gasteiger partial charge in [0.25, 0.3) is 0 Å². The SMILES string of the molecule is CCCCCCCCOc1ccc(C(=O)O)c(-c2ccc(OC[C@@H](C)CC)cc2)c1. The van der Waals surface area contributed by atoms with Crippen LogP contribution in [0.2, 0.25) is 0 Å². The Morgan fingerprint density at radius 1 is 0.900 bits per heavy atom. The number of aromatic carboxylic acids is 1. The lowest BCUT2D eigenvalue weighted by molar-refractivity contribution is 0.0697. The topological polar surface area (TPSA) is 55.8 Å². The molecule has 0 unspecified atom stereocenters. The molecule has 0 fully saturated rings. The molecule has 0 saturated heterocycles. The smallest absolute Gasteiger partial charge is 0.336 e. The Balaban J connectivity index is 2.02. The lowest BCUT2D eigenvalue weighted by Crippen LogP contribution is -2.07. The predicted molar refractivity (Wildman–Crippen MR) is 123 cm³/mol. The molecule has 0 aliphatic carbocycles. The van der Waals surface area contributed by atoms with E-state index < -0.39 is 5.97 Å². The minimum absolute atomic E-state index is 0.273. The van der Waals surface area contributed by atoms with E-state index in [0.717, 1.165) is 30.6 Å². The van der Waals surface area contributed by atoms with Gasteiger partial charge in [-0.3, -0.25) is 0 Å². The van der Waals surface area contributed by atoms with Crippen molar-refractivity contribution in [2.24, 2.45) is 5.92 Å². The summed E-state index contributed by atoms with van der Waals surface area (Å²) in [6.45, 7) is 7.85. The Morgan fingerprint density at radius 2 is 1.57 bits per heavy atom. The normalized spacial score (nSPS) is 11.8. The van der Waals surface area contributed by atoms with Crippen molar-refractivity contribution in [3.8, 4) is 22.6 Å². The molecule has 2 aromatic rings. The molecule has 0 heterocycles. The van der Waals surface area contributed by atoms with Gasteiger partial charge in [0.05, 0.1) is 18.8 Å². The number of benzene rings is 2. The van der Waals surface area contributed by atoms with E-state index in [1.807, 2.05) is 30.3 Å². The van der Waals surface area contributed by atoms with Crippen molar-refractivity contribution in [1.82, 2.24) is 0 Å². The quantitative estimate of drug-likeness (QED) is 0.333. The maximum atomic E-state index is 11.7. The minimum atomic E-state index is -0.940. The highest BCUT2D eigenvalue weighted by molar-refractivity contribution is 5.96. The molecule has 1 N–H and O–H groups in total. The number of unbranched alkanes of at least 4 members (excludes halogenated alkanes) is 5. The number of carbonyl (C=O) groups is 1. The molecule has 0 bridgehead atoms. The third-order valence-corrected chi connectivity index (χ3v) is 5.38. The number of hydrogen-bond donors (Lipinski definition) is 1. The summed E-state index contributed by atoms with van der Waals surface area (Å²) in [6, 6.07) is 12.8. The van der Waals surface area contributed by atoms with Crippen molar-refractivity contribution in [1.29, 1.82) is 0 Å². The average molecular weight is 413 g/mol. The molecular formula is C26H36O4. The van der Waals surface area contributed by atoms with Gasteiger partial charge in [0, 0.05) is 0 Å². The number of rotatable bonds is 14. The largest absolute Gasteiger partial charge is 0.494 e. The van der Waals surface area contributed by atoms with Crippen molar-refractivity contribution < 1.29 is 19.4 Å². The molecule has 2 rings (SSSR count). The van der Waals surface area contributed by atoms with E-state index >= 15 is 0 Å². The molecule has 30 heavy (non-hydrogen) atoms. The summed E-state index contributed by atoms with van der Waals surface area (Å²) in [6.07, 6.45) is 8.32. The van der Waals surface area contributed by atoms with Gasteiger partial charge < -0.3 is 14.6 Å². The Labute approximate surface area is 181 Å². The average Bonchev–Trinajstić information content (AvgIpc) is 2.77. The molecule has 0 aliphatic rings. The van der Waals surface area contributed by atoms with E-state index in [4.69, 9.17) is 9.47 Å². The van der Waals surface area contributed by atoms with Crippen molar-refractivity contribution in [3.63, 3.8) is 0 Å². The Hall–Kier alpha value is -2.49. The third-order valence-electron chi connectivity index (χ3n) is 5.38. The van der Waals surface area contributed by atoms with Crippen LogP contribution in [0.15, 0.2) is 42.5 Å². The predicted octanol–water partition coefficient (Wildman–Crippen LogP) is 7.22. The van der Waals surface area contributed by atoms with Gasteiger partial charge in [0.15, 0.2) is 0 Å². The summed E-state index contributed by atoms with van der Waals surface area (Å²) in [5.41, 5.74) is 1.78. The van der Waals surface area contributed by atoms with E-state index in [0.29, 0.717) is 30.4 Å². The fraction of sp³-hybridized carbons (Fsp3) is 0.500. The molecule has 0 radical (unpaired) electrons. The first-order valence-corrected chi connectivity index (χ1v) is 11.3. The van der Waals surface area contributed by atoms with Crippen LogP contribution in [-0.4, -0.2) is 24.3 Å². The van der Waals surface area contributed by atoms with Gasteiger partial charge >= 0.3 is 5.97 Å². The van der Waals surface area contributed by atoms with Gasteiger partial charge in [-0.1, -0.05) is 71.4 Å². The van der Waals surface area contributed by atoms with E-state index in [1.165, 1.54) is 25.7 Å². The lowest BCUT2D eigenvalue weighted by Gasteiger charge is -2.13. The molecule has 0 amide bonds. The second kappa shape index (κ2) is 12.9. The van der Waals surface area contributed by atoms with Gasteiger partial charge in [-0.05, 0) is 53.8 Å². The lowest BCUT2D eigenvalue weighted by atomic mass is 9.99. The molecule has 0 aromatic heterocycles. The van der Waals surface area contributed by atoms with E-state index in [9.17, 15) is 9.90 Å². The highest BCUT2D eigenvalue weighted by atomic mass is 16.5. The summed E-state index contributed by atoms with van der Waals surface area (Å²) in [4.78, 5) is 11.7. The van der Waals surface area contributed by atoms with Crippen LogP contribution in [0.1, 0.15) is 76.1 Å². The summed E-state index contributed by atoms with van der Waals surface area (Å²) in [7, 11) is 0. The Bertz CT molecular complexity index is 767. The molecule has 164 valence electrons. The van der Waals surface area contributed by atoms with Gasteiger partial charge in [-0.2, -0.15) is 0 Å². The molecule has 4 heteroatoms. The first-order chi connectivity index (χ1) is 14.5. The van der Waals surface area contributed by atoms with Crippen LogP contribution in [-0.2, 0) is 0 Å². The zero-order chi connectivity index (χ0) is 21.8. The molecule has 0 saturated carbocycles. The van der Waals surface area contributed by atoms with Crippen LogP contribution in [0.3, 0.4) is 0 Å². The van der Waals surface area contributed by atoms with Crippen LogP contribution in [0.4, 0.5) is 0 Å². The van der Waals surface area contributed by atoms with E-state index in [1.54, 1.807) is 12.1 Å². The zero-order valence-corrected chi connectivity index (χ0v) is 18.7. The van der Waals surface area contributed by atoms with Gasteiger partial charge in [0.2, 0.25) is 0 Å². The molecule has 2 aromatic carbocycles. The molecular weight excluding hydrogens is 376 g/mol. The van der Waals surface area contributed by atoms with Crippen molar-refractivity contribution in [2.45, 2.75) is 65.7 Å². The van der Waals surface area contributed by atoms with Crippen molar-refractivity contribution in [3.05, 3.63) is 48.0 Å². The molecule has 0 aliphatic heterocycles. The van der Waals surface area contributed by atoms with Crippen LogP contribution >= 0.6 is 0 Å².